The Kier molecular flexibility index (Phi) is 5.86. The van der Waals surface area contributed by atoms with Crippen molar-refractivity contribution in [2.45, 2.75) is 44.0 Å². The van der Waals surface area contributed by atoms with Crippen LogP contribution >= 0.6 is 27.7 Å². The number of hydrogen-bond acceptors (Lipinski definition) is 4. The molecule has 0 aromatic heterocycles. The maximum Gasteiger partial charge on any atom is 0.270 e. The van der Waals surface area contributed by atoms with Gasteiger partial charge in [-0.25, -0.2) is 0 Å². The van der Waals surface area contributed by atoms with Crippen LogP contribution in [0.4, 0.5) is 5.69 Å². The van der Waals surface area contributed by atoms with E-state index in [4.69, 9.17) is 0 Å². The maximum atomic E-state index is 10.8. The predicted molar refractivity (Wildman–Crippen MR) is 87.2 cm³/mol. The van der Waals surface area contributed by atoms with Crippen LogP contribution < -0.4 is 5.32 Å². The summed E-state index contributed by atoms with van der Waals surface area (Å²) in [7, 11) is 0. The lowest BCUT2D eigenvalue weighted by atomic mass is 10.2. The second-order valence-electron chi connectivity index (χ2n) is 5.04. The molecular formula is C14H19BrN2O2S. The molecule has 1 fully saturated rings. The van der Waals surface area contributed by atoms with Gasteiger partial charge in [-0.3, -0.25) is 10.1 Å². The van der Waals surface area contributed by atoms with Crippen molar-refractivity contribution >= 4 is 33.4 Å². The van der Waals surface area contributed by atoms with E-state index in [1.54, 1.807) is 6.07 Å². The normalized spacial score (nSPS) is 22.1. The van der Waals surface area contributed by atoms with E-state index in [1.807, 2.05) is 17.8 Å². The fourth-order valence-electron chi connectivity index (χ4n) is 2.62. The molecule has 1 aromatic rings. The maximum absolute atomic E-state index is 10.8. The number of benzene rings is 1. The average molecular weight is 359 g/mol. The summed E-state index contributed by atoms with van der Waals surface area (Å²) >= 11 is 5.37. The van der Waals surface area contributed by atoms with Gasteiger partial charge in [-0.1, -0.05) is 22.9 Å². The topological polar surface area (TPSA) is 55.2 Å². The van der Waals surface area contributed by atoms with Crippen molar-refractivity contribution in [3.8, 4) is 0 Å². The molecule has 0 heterocycles. The first-order valence-electron chi connectivity index (χ1n) is 6.87. The summed E-state index contributed by atoms with van der Waals surface area (Å²) in [5.74, 6) is 1.18. The molecule has 4 nitrogen and oxygen atoms in total. The summed E-state index contributed by atoms with van der Waals surface area (Å²) < 4.78 is 0.759. The summed E-state index contributed by atoms with van der Waals surface area (Å²) in [6.45, 7) is 2.89. The second-order valence-corrected chi connectivity index (χ2v) is 7.54. The van der Waals surface area contributed by atoms with Crippen molar-refractivity contribution in [2.24, 2.45) is 0 Å². The third-order valence-corrected chi connectivity index (χ3v) is 5.23. The van der Waals surface area contributed by atoms with Crippen LogP contribution in [0.2, 0.25) is 0 Å². The monoisotopic (exact) mass is 358 g/mol. The third kappa shape index (κ3) is 4.46. The first-order chi connectivity index (χ1) is 9.58. The highest BCUT2D eigenvalue weighted by atomic mass is 79.9. The lowest BCUT2D eigenvalue weighted by Crippen LogP contribution is -2.26. The Morgan fingerprint density at radius 1 is 1.45 bits per heavy atom. The fourth-order valence-corrected chi connectivity index (χ4v) is 4.29. The van der Waals surface area contributed by atoms with Gasteiger partial charge in [0.2, 0.25) is 0 Å². The van der Waals surface area contributed by atoms with Gasteiger partial charge in [0.15, 0.2) is 0 Å². The van der Waals surface area contributed by atoms with E-state index in [1.165, 1.54) is 31.1 Å². The number of halogens is 1. The number of non-ortho nitro benzene ring substituents is 1. The number of nitrogens with one attached hydrogen (secondary N) is 1. The minimum Gasteiger partial charge on any atom is -0.310 e. The van der Waals surface area contributed by atoms with E-state index < -0.39 is 0 Å². The standard InChI is InChI=1S/C14H19BrN2O2S/c1-2-20-14-4-3-12(8-14)16-9-10-5-11(15)7-13(6-10)17(18)19/h5-7,12,14,16H,2-4,8-9H2,1H3. The second kappa shape index (κ2) is 7.43. The van der Waals surface area contributed by atoms with Gasteiger partial charge in [0.05, 0.1) is 4.92 Å². The lowest BCUT2D eigenvalue weighted by molar-refractivity contribution is -0.385. The highest BCUT2D eigenvalue weighted by Crippen LogP contribution is 2.30. The molecule has 1 aliphatic carbocycles. The highest BCUT2D eigenvalue weighted by Gasteiger charge is 2.24. The highest BCUT2D eigenvalue weighted by molar-refractivity contribution is 9.10. The number of hydrogen-bond donors (Lipinski definition) is 1. The first kappa shape index (κ1) is 15.8. The van der Waals surface area contributed by atoms with Crippen molar-refractivity contribution in [3.05, 3.63) is 38.3 Å². The molecule has 1 N–H and O–H groups in total. The molecule has 0 aliphatic heterocycles. The van der Waals surface area contributed by atoms with Crippen LogP contribution in [0.15, 0.2) is 22.7 Å². The van der Waals surface area contributed by atoms with Crippen molar-refractivity contribution in [2.75, 3.05) is 5.75 Å². The van der Waals surface area contributed by atoms with E-state index in [-0.39, 0.29) is 10.6 Å². The number of rotatable bonds is 6. The van der Waals surface area contributed by atoms with Gasteiger partial charge in [0, 0.05) is 34.4 Å². The third-order valence-electron chi connectivity index (χ3n) is 3.53. The Bertz CT molecular complexity index is 484. The molecular weight excluding hydrogens is 340 g/mol. The minimum atomic E-state index is -0.349. The quantitative estimate of drug-likeness (QED) is 0.613. The molecule has 0 radical (unpaired) electrons. The molecule has 0 bridgehead atoms. The Balaban J connectivity index is 1.90. The van der Waals surface area contributed by atoms with E-state index in [2.05, 4.69) is 28.2 Å². The summed E-state index contributed by atoms with van der Waals surface area (Å²) in [6, 6.07) is 5.66. The Hall–Kier alpha value is -0.590. The van der Waals surface area contributed by atoms with Gasteiger partial charge in [-0.15, -0.1) is 0 Å². The van der Waals surface area contributed by atoms with Crippen LogP contribution in [-0.4, -0.2) is 22.0 Å². The van der Waals surface area contributed by atoms with Gasteiger partial charge < -0.3 is 5.32 Å². The van der Waals surface area contributed by atoms with Crippen molar-refractivity contribution in [1.29, 1.82) is 0 Å². The van der Waals surface area contributed by atoms with Gasteiger partial charge >= 0.3 is 0 Å². The van der Waals surface area contributed by atoms with E-state index in [0.29, 0.717) is 12.6 Å². The van der Waals surface area contributed by atoms with E-state index >= 15 is 0 Å². The summed E-state index contributed by atoms with van der Waals surface area (Å²) in [6.07, 6.45) is 3.68. The minimum absolute atomic E-state index is 0.141. The van der Waals surface area contributed by atoms with Crippen LogP contribution in [0.3, 0.4) is 0 Å². The molecule has 1 aromatic carbocycles. The molecule has 1 saturated carbocycles. The van der Waals surface area contributed by atoms with Crippen LogP contribution in [0.1, 0.15) is 31.7 Å². The van der Waals surface area contributed by atoms with Gasteiger partial charge in [0.25, 0.3) is 5.69 Å². The molecule has 1 aliphatic rings. The SMILES string of the molecule is CCSC1CCC(NCc2cc(Br)cc([N+](=O)[O-])c2)C1. The van der Waals surface area contributed by atoms with Crippen molar-refractivity contribution in [3.63, 3.8) is 0 Å². The van der Waals surface area contributed by atoms with Crippen LogP contribution in [0.5, 0.6) is 0 Å². The fraction of sp³-hybridized carbons (Fsp3) is 0.571. The van der Waals surface area contributed by atoms with E-state index in [9.17, 15) is 10.1 Å². The van der Waals surface area contributed by atoms with Crippen molar-refractivity contribution in [1.82, 2.24) is 5.32 Å². The van der Waals surface area contributed by atoms with E-state index in [0.717, 1.165) is 15.3 Å². The molecule has 6 heteroatoms. The lowest BCUT2D eigenvalue weighted by Gasteiger charge is -2.13. The van der Waals surface area contributed by atoms with Crippen molar-refractivity contribution < 1.29 is 4.92 Å². The average Bonchev–Trinajstić information content (AvgIpc) is 2.84. The van der Waals surface area contributed by atoms with Gasteiger partial charge in [0.1, 0.15) is 0 Å². The zero-order chi connectivity index (χ0) is 14.5. The molecule has 2 rings (SSSR count). The molecule has 110 valence electrons. The van der Waals surface area contributed by atoms with Crippen LogP contribution in [0, 0.1) is 10.1 Å². The molecule has 2 atom stereocenters. The Labute approximate surface area is 132 Å². The number of thioether (sulfide) groups is 1. The summed E-state index contributed by atoms with van der Waals surface area (Å²) in [4.78, 5) is 10.5. The Morgan fingerprint density at radius 3 is 2.95 bits per heavy atom. The van der Waals surface area contributed by atoms with Gasteiger partial charge in [-0.05, 0) is 36.6 Å². The molecule has 0 saturated heterocycles. The zero-order valence-electron chi connectivity index (χ0n) is 11.5. The number of nitro benzene ring substituents is 1. The number of nitro groups is 1. The summed E-state index contributed by atoms with van der Waals surface area (Å²) in [5, 5.41) is 15.1. The Morgan fingerprint density at radius 2 is 2.25 bits per heavy atom. The summed E-state index contributed by atoms with van der Waals surface area (Å²) in [5.41, 5.74) is 1.10. The van der Waals surface area contributed by atoms with Crippen LogP contribution in [-0.2, 0) is 6.54 Å². The molecule has 0 spiro atoms. The smallest absolute Gasteiger partial charge is 0.270 e. The molecule has 20 heavy (non-hydrogen) atoms. The largest absolute Gasteiger partial charge is 0.310 e. The predicted octanol–water partition coefficient (Wildman–Crippen LogP) is 4.12. The van der Waals surface area contributed by atoms with Gasteiger partial charge in [-0.2, -0.15) is 11.8 Å². The molecule has 0 amide bonds. The number of nitrogens with zero attached hydrogens (tertiary/aromatic N) is 1. The molecule has 2 unspecified atom stereocenters. The first-order valence-corrected chi connectivity index (χ1v) is 8.71. The zero-order valence-corrected chi connectivity index (χ0v) is 13.9. The van der Waals surface area contributed by atoms with Crippen LogP contribution in [0.25, 0.3) is 0 Å².